The molecule has 2 N–H and O–H groups in total. The predicted molar refractivity (Wildman–Crippen MR) is 67.2 cm³/mol. The normalized spacial score (nSPS) is 10.6. The SMILES string of the molecule is COc1cc2c(CCNC(C)=O)c[nH]c2cc1[18F]. The van der Waals surface area contributed by atoms with Crippen molar-refractivity contribution in [2.75, 3.05) is 13.7 Å². The van der Waals surface area contributed by atoms with Crippen LogP contribution in [0.5, 0.6) is 5.75 Å². The summed E-state index contributed by atoms with van der Waals surface area (Å²) in [5.74, 6) is -0.221. The number of amides is 1. The maximum Gasteiger partial charge on any atom is 0.216 e. The molecule has 0 aliphatic rings. The third kappa shape index (κ3) is 2.45. The van der Waals surface area contributed by atoms with Gasteiger partial charge in [0.15, 0.2) is 11.6 Å². The molecule has 1 amide bonds. The molecule has 96 valence electrons. The van der Waals surface area contributed by atoms with Crippen molar-refractivity contribution in [2.45, 2.75) is 13.3 Å². The summed E-state index contributed by atoms with van der Waals surface area (Å²) in [7, 11) is 1.44. The Balaban J connectivity index is 2.26. The minimum absolute atomic E-state index is 0.0570. The Hall–Kier alpha value is -2.04. The van der Waals surface area contributed by atoms with Crippen LogP contribution in [0.1, 0.15) is 12.5 Å². The standard InChI is InChI=1S/C13H15FN2O2/c1-8(17)15-4-3-9-7-16-12-6-11(14)13(18-2)5-10(9)12/h5-7,16H,3-4H2,1-2H3,(H,15,17)/i14-1. The van der Waals surface area contributed by atoms with E-state index in [0.29, 0.717) is 13.0 Å². The van der Waals surface area contributed by atoms with E-state index in [1.54, 1.807) is 6.07 Å². The second kappa shape index (κ2) is 5.08. The molecule has 0 unspecified atom stereocenters. The van der Waals surface area contributed by atoms with Gasteiger partial charge in [-0.05, 0) is 18.1 Å². The lowest BCUT2D eigenvalue weighted by Gasteiger charge is -2.04. The number of hydrogen-bond donors (Lipinski definition) is 2. The average Bonchev–Trinajstić information content (AvgIpc) is 2.70. The molecule has 2 rings (SSSR count). The maximum atomic E-state index is 13.5. The number of nitrogens with one attached hydrogen (secondary N) is 2. The largest absolute Gasteiger partial charge is 0.494 e. The summed E-state index contributed by atoms with van der Waals surface area (Å²) in [6.45, 7) is 2.04. The smallest absolute Gasteiger partial charge is 0.216 e. The Morgan fingerprint density at radius 3 is 2.94 bits per heavy atom. The monoisotopic (exact) mass is 249 g/mol. The van der Waals surface area contributed by atoms with Crippen LogP contribution in [0, 0.1) is 5.82 Å². The third-order valence-corrected chi connectivity index (χ3v) is 2.81. The number of ether oxygens (including phenoxy) is 1. The fourth-order valence-corrected chi connectivity index (χ4v) is 1.92. The van der Waals surface area contributed by atoms with Gasteiger partial charge in [-0.15, -0.1) is 0 Å². The average molecular weight is 249 g/mol. The molecule has 1 aromatic heterocycles. The zero-order valence-electron chi connectivity index (χ0n) is 10.3. The molecule has 5 heteroatoms. The Bertz CT molecular complexity index is 578. The topological polar surface area (TPSA) is 54.1 Å². The summed E-state index contributed by atoms with van der Waals surface area (Å²) in [5.41, 5.74) is 1.75. The molecular weight excluding hydrogens is 234 g/mol. The van der Waals surface area contributed by atoms with E-state index in [-0.39, 0.29) is 17.5 Å². The molecule has 1 heterocycles. The highest BCUT2D eigenvalue weighted by molar-refractivity contribution is 5.85. The molecule has 0 fully saturated rings. The molecule has 0 saturated heterocycles. The number of rotatable bonds is 4. The van der Waals surface area contributed by atoms with E-state index in [4.69, 9.17) is 4.74 Å². The fraction of sp³-hybridized carbons (Fsp3) is 0.308. The number of benzene rings is 1. The molecule has 2 aromatic rings. The molecule has 4 nitrogen and oxygen atoms in total. The van der Waals surface area contributed by atoms with Crippen molar-refractivity contribution in [2.24, 2.45) is 0 Å². The van der Waals surface area contributed by atoms with Crippen molar-refractivity contribution < 1.29 is 13.9 Å². The second-order valence-corrected chi connectivity index (χ2v) is 4.08. The lowest BCUT2D eigenvalue weighted by molar-refractivity contribution is -0.118. The van der Waals surface area contributed by atoms with Gasteiger partial charge in [-0.25, -0.2) is 4.39 Å². The summed E-state index contributed by atoms with van der Waals surface area (Å²) in [6.07, 6.45) is 2.51. The van der Waals surface area contributed by atoms with Crippen molar-refractivity contribution >= 4 is 16.8 Å². The van der Waals surface area contributed by atoms with Gasteiger partial charge in [-0.2, -0.15) is 0 Å². The van der Waals surface area contributed by atoms with Gasteiger partial charge in [0, 0.05) is 36.6 Å². The van der Waals surface area contributed by atoms with Gasteiger partial charge in [0.05, 0.1) is 7.11 Å². The van der Waals surface area contributed by atoms with Crippen molar-refractivity contribution in [3.05, 3.63) is 29.7 Å². The van der Waals surface area contributed by atoms with Crippen molar-refractivity contribution in [1.29, 1.82) is 0 Å². The molecule has 18 heavy (non-hydrogen) atoms. The number of H-pyrrole nitrogens is 1. The molecule has 0 atom stereocenters. The highest BCUT2D eigenvalue weighted by Gasteiger charge is 2.09. The molecular formula is C13H15FN2O2. The van der Waals surface area contributed by atoms with Crippen LogP contribution in [0.3, 0.4) is 0 Å². The quantitative estimate of drug-likeness (QED) is 0.870. The highest BCUT2D eigenvalue weighted by Crippen LogP contribution is 2.26. The minimum Gasteiger partial charge on any atom is -0.494 e. The van der Waals surface area contributed by atoms with Gasteiger partial charge < -0.3 is 15.0 Å². The van der Waals surface area contributed by atoms with Crippen LogP contribution in [0.4, 0.5) is 4.39 Å². The Morgan fingerprint density at radius 2 is 2.28 bits per heavy atom. The number of carbonyl (C=O) groups is 1. The molecule has 0 spiro atoms. The maximum absolute atomic E-state index is 13.5. The number of fused-ring (bicyclic) bond motifs is 1. The fourth-order valence-electron chi connectivity index (χ4n) is 1.92. The van der Waals surface area contributed by atoms with Gasteiger partial charge >= 0.3 is 0 Å². The zero-order chi connectivity index (χ0) is 13.1. The molecule has 0 bridgehead atoms. The molecule has 0 aliphatic heterocycles. The first-order valence-electron chi connectivity index (χ1n) is 5.69. The third-order valence-electron chi connectivity index (χ3n) is 2.81. The molecule has 0 saturated carbocycles. The zero-order valence-corrected chi connectivity index (χ0v) is 10.3. The summed E-state index contributed by atoms with van der Waals surface area (Å²) in [5, 5.41) is 3.65. The van der Waals surface area contributed by atoms with Gasteiger partial charge in [0.2, 0.25) is 5.91 Å². The number of methoxy groups -OCH3 is 1. The van der Waals surface area contributed by atoms with E-state index in [1.165, 1.54) is 20.1 Å². The number of aromatic nitrogens is 1. The number of aromatic amines is 1. The van der Waals surface area contributed by atoms with E-state index in [9.17, 15) is 9.18 Å². The summed E-state index contributed by atoms with van der Waals surface area (Å²) < 4.78 is 18.4. The number of hydrogen-bond acceptors (Lipinski definition) is 2. The predicted octanol–water partition coefficient (Wildman–Crippen LogP) is 1.99. The van der Waals surface area contributed by atoms with Crippen LogP contribution in [0.2, 0.25) is 0 Å². The minimum atomic E-state index is -0.389. The number of halogens is 1. The van der Waals surface area contributed by atoms with Crippen molar-refractivity contribution in [3.8, 4) is 5.75 Å². The highest BCUT2D eigenvalue weighted by atomic mass is 18.2. The van der Waals surface area contributed by atoms with E-state index in [2.05, 4.69) is 10.3 Å². The second-order valence-electron chi connectivity index (χ2n) is 4.08. The lowest BCUT2D eigenvalue weighted by atomic mass is 10.1. The van der Waals surface area contributed by atoms with E-state index in [1.807, 2.05) is 6.20 Å². The van der Waals surface area contributed by atoms with Crippen LogP contribution in [0.15, 0.2) is 18.3 Å². The van der Waals surface area contributed by atoms with Crippen LogP contribution in [0.25, 0.3) is 10.9 Å². The van der Waals surface area contributed by atoms with Gasteiger partial charge in [-0.3, -0.25) is 4.79 Å². The Kier molecular flexibility index (Phi) is 3.50. The van der Waals surface area contributed by atoms with Gasteiger partial charge in [0.25, 0.3) is 0 Å². The summed E-state index contributed by atoms with van der Waals surface area (Å²) in [4.78, 5) is 13.8. The summed E-state index contributed by atoms with van der Waals surface area (Å²) >= 11 is 0. The van der Waals surface area contributed by atoms with Crippen LogP contribution in [-0.2, 0) is 11.2 Å². The van der Waals surface area contributed by atoms with Crippen molar-refractivity contribution in [1.82, 2.24) is 10.3 Å². The lowest BCUT2D eigenvalue weighted by Crippen LogP contribution is -2.22. The Labute approximate surface area is 104 Å². The van der Waals surface area contributed by atoms with Gasteiger partial charge in [0.1, 0.15) is 0 Å². The van der Waals surface area contributed by atoms with Crippen LogP contribution in [-0.4, -0.2) is 24.5 Å². The van der Waals surface area contributed by atoms with E-state index in [0.717, 1.165) is 16.5 Å². The van der Waals surface area contributed by atoms with E-state index < -0.39 is 0 Å². The first kappa shape index (κ1) is 12.4. The van der Waals surface area contributed by atoms with Crippen LogP contribution >= 0.6 is 0 Å². The summed E-state index contributed by atoms with van der Waals surface area (Å²) in [6, 6.07) is 3.08. The first-order valence-corrected chi connectivity index (χ1v) is 5.69. The Morgan fingerprint density at radius 1 is 1.50 bits per heavy atom. The molecule has 0 aliphatic carbocycles. The number of carbonyl (C=O) groups excluding carboxylic acids is 1. The molecule has 1 aromatic carbocycles. The molecule has 0 radical (unpaired) electrons. The van der Waals surface area contributed by atoms with Crippen molar-refractivity contribution in [3.63, 3.8) is 0 Å². The van der Waals surface area contributed by atoms with E-state index >= 15 is 0 Å². The van der Waals surface area contributed by atoms with Gasteiger partial charge in [-0.1, -0.05) is 0 Å². The van der Waals surface area contributed by atoms with Crippen LogP contribution < -0.4 is 10.1 Å². The first-order chi connectivity index (χ1) is 8.61.